The van der Waals surface area contributed by atoms with E-state index in [2.05, 4.69) is 59.7 Å². The van der Waals surface area contributed by atoms with Crippen molar-refractivity contribution >= 4 is 0 Å². The molecule has 0 fully saturated rings. The first-order valence-electron chi connectivity index (χ1n) is 7.28. The summed E-state index contributed by atoms with van der Waals surface area (Å²) >= 11 is 0. The molecule has 0 saturated heterocycles. The highest BCUT2D eigenvalue weighted by Crippen LogP contribution is 2.47. The van der Waals surface area contributed by atoms with Crippen molar-refractivity contribution in [2.75, 3.05) is 0 Å². The van der Waals surface area contributed by atoms with Gasteiger partial charge in [0.05, 0.1) is 11.6 Å². The molecule has 0 aromatic heterocycles. The third kappa shape index (κ3) is 2.29. The van der Waals surface area contributed by atoms with E-state index >= 15 is 0 Å². The first-order chi connectivity index (χ1) is 8.69. The molecule has 102 valence electrons. The first-order valence-corrected chi connectivity index (χ1v) is 7.28. The molecule has 1 aliphatic carbocycles. The molecule has 1 aromatic carbocycles. The molecule has 0 amide bonds. The summed E-state index contributed by atoms with van der Waals surface area (Å²) < 4.78 is 0. The minimum atomic E-state index is 0.186. The van der Waals surface area contributed by atoms with Gasteiger partial charge in [0.1, 0.15) is 0 Å². The van der Waals surface area contributed by atoms with Crippen LogP contribution in [0.5, 0.6) is 0 Å². The maximum absolute atomic E-state index is 9.42. The van der Waals surface area contributed by atoms with Crippen LogP contribution in [0, 0.1) is 11.3 Å². The minimum absolute atomic E-state index is 0.186. The van der Waals surface area contributed by atoms with Crippen LogP contribution >= 0.6 is 0 Å². The highest BCUT2D eigenvalue weighted by Gasteiger charge is 2.37. The Kier molecular flexibility index (Phi) is 3.25. The largest absolute Gasteiger partial charge is 0.192 e. The Hall–Kier alpha value is -1.29. The minimum Gasteiger partial charge on any atom is -0.192 e. The van der Waals surface area contributed by atoms with E-state index in [0.717, 1.165) is 5.56 Å². The van der Waals surface area contributed by atoms with Crippen LogP contribution in [0.25, 0.3) is 0 Å². The van der Waals surface area contributed by atoms with Crippen molar-refractivity contribution in [1.82, 2.24) is 0 Å². The van der Waals surface area contributed by atoms with Crippen LogP contribution in [-0.4, -0.2) is 0 Å². The zero-order valence-electron chi connectivity index (χ0n) is 13.1. The molecule has 1 nitrogen and oxygen atoms in total. The molecule has 0 aliphatic heterocycles. The summed E-state index contributed by atoms with van der Waals surface area (Å²) in [6, 6.07) is 6.86. The molecule has 19 heavy (non-hydrogen) atoms. The molecule has 0 N–H and O–H groups in total. The fraction of sp³-hybridized carbons (Fsp3) is 0.611. The van der Waals surface area contributed by atoms with Gasteiger partial charge < -0.3 is 0 Å². The van der Waals surface area contributed by atoms with Gasteiger partial charge in [-0.25, -0.2) is 0 Å². The van der Waals surface area contributed by atoms with Gasteiger partial charge in [-0.2, -0.15) is 5.26 Å². The van der Waals surface area contributed by atoms with E-state index in [9.17, 15) is 5.26 Å². The van der Waals surface area contributed by atoms with Crippen molar-refractivity contribution < 1.29 is 0 Å². The van der Waals surface area contributed by atoms with Gasteiger partial charge in [-0.1, -0.05) is 47.6 Å². The van der Waals surface area contributed by atoms with E-state index in [1.165, 1.54) is 29.5 Å². The van der Waals surface area contributed by atoms with Crippen LogP contribution in [-0.2, 0) is 10.8 Å². The van der Waals surface area contributed by atoms with Crippen molar-refractivity contribution in [2.24, 2.45) is 0 Å². The van der Waals surface area contributed by atoms with E-state index in [1.54, 1.807) is 0 Å². The second-order valence-electron chi connectivity index (χ2n) is 7.52. The summed E-state index contributed by atoms with van der Waals surface area (Å²) in [7, 11) is 0. The number of rotatable bonds is 1. The molecule has 0 spiro atoms. The summed E-state index contributed by atoms with van der Waals surface area (Å²) in [5, 5.41) is 9.42. The van der Waals surface area contributed by atoms with Gasteiger partial charge in [0, 0.05) is 0 Å². The van der Waals surface area contributed by atoms with E-state index in [0.29, 0.717) is 5.92 Å². The van der Waals surface area contributed by atoms with Crippen molar-refractivity contribution in [1.29, 1.82) is 5.26 Å². The summed E-state index contributed by atoms with van der Waals surface area (Å²) in [5.41, 5.74) is 5.30. The molecule has 1 aromatic rings. The maximum atomic E-state index is 9.42. The number of fused-ring (bicyclic) bond motifs is 1. The number of hydrogen-bond donors (Lipinski definition) is 0. The number of hydrogen-bond acceptors (Lipinski definition) is 1. The number of nitriles is 1. The SMILES string of the molecule is CC(C)c1cc2c(cc1C#N)C(C)(C)CCC2(C)C. The zero-order chi connectivity index (χ0) is 14.4. The molecule has 2 rings (SSSR count). The van der Waals surface area contributed by atoms with E-state index in [1.807, 2.05) is 0 Å². The van der Waals surface area contributed by atoms with Gasteiger partial charge in [0.2, 0.25) is 0 Å². The molecule has 0 bridgehead atoms. The molecule has 0 atom stereocenters. The first kappa shape index (κ1) is 14.1. The van der Waals surface area contributed by atoms with Crippen molar-refractivity contribution in [3.8, 4) is 6.07 Å². The Morgan fingerprint density at radius 3 is 1.89 bits per heavy atom. The lowest BCUT2D eigenvalue weighted by molar-refractivity contribution is 0.331. The molecule has 0 radical (unpaired) electrons. The topological polar surface area (TPSA) is 23.8 Å². The smallest absolute Gasteiger partial charge is 0.0994 e. The molecule has 0 saturated carbocycles. The highest BCUT2D eigenvalue weighted by atomic mass is 14.4. The van der Waals surface area contributed by atoms with Crippen molar-refractivity contribution in [2.45, 2.75) is 71.1 Å². The Morgan fingerprint density at radius 1 is 1.00 bits per heavy atom. The maximum Gasteiger partial charge on any atom is 0.0994 e. The van der Waals surface area contributed by atoms with E-state index in [4.69, 9.17) is 0 Å². The van der Waals surface area contributed by atoms with Crippen LogP contribution in [0.3, 0.4) is 0 Å². The lowest BCUT2D eigenvalue weighted by Crippen LogP contribution is -2.34. The third-order valence-corrected chi connectivity index (χ3v) is 4.77. The molecule has 0 heterocycles. The predicted molar refractivity (Wildman–Crippen MR) is 80.5 cm³/mol. The summed E-state index contributed by atoms with van der Waals surface area (Å²) in [6.07, 6.45) is 2.41. The monoisotopic (exact) mass is 255 g/mol. The Labute approximate surface area is 117 Å². The summed E-state index contributed by atoms with van der Waals surface area (Å²) in [6.45, 7) is 13.6. The van der Waals surface area contributed by atoms with Gasteiger partial charge in [0.15, 0.2) is 0 Å². The summed E-state index contributed by atoms with van der Waals surface area (Å²) in [4.78, 5) is 0. The molecular weight excluding hydrogens is 230 g/mol. The van der Waals surface area contributed by atoms with Gasteiger partial charge in [-0.05, 0) is 52.3 Å². The lowest BCUT2D eigenvalue weighted by Gasteiger charge is -2.42. The molecular formula is C18H25N. The average Bonchev–Trinajstić information content (AvgIpc) is 2.33. The number of nitrogens with zero attached hydrogens (tertiary/aromatic N) is 1. The second kappa shape index (κ2) is 4.37. The van der Waals surface area contributed by atoms with Gasteiger partial charge >= 0.3 is 0 Å². The van der Waals surface area contributed by atoms with Crippen LogP contribution in [0.4, 0.5) is 0 Å². The third-order valence-electron chi connectivity index (χ3n) is 4.77. The highest BCUT2D eigenvalue weighted by molar-refractivity contribution is 5.51. The zero-order valence-corrected chi connectivity index (χ0v) is 13.1. The van der Waals surface area contributed by atoms with E-state index < -0.39 is 0 Å². The normalized spacial score (nSPS) is 19.9. The van der Waals surface area contributed by atoms with Crippen molar-refractivity contribution in [3.05, 3.63) is 34.4 Å². The molecule has 0 unspecified atom stereocenters. The van der Waals surface area contributed by atoms with Crippen molar-refractivity contribution in [3.63, 3.8) is 0 Å². The number of benzene rings is 1. The van der Waals surface area contributed by atoms with Gasteiger partial charge in [0.25, 0.3) is 0 Å². The molecule has 1 heteroatoms. The average molecular weight is 255 g/mol. The molecule has 1 aliphatic rings. The lowest BCUT2D eigenvalue weighted by atomic mass is 9.62. The van der Waals surface area contributed by atoms with Crippen LogP contribution in [0.1, 0.15) is 82.6 Å². The fourth-order valence-corrected chi connectivity index (χ4v) is 3.21. The Bertz CT molecular complexity index is 542. The van der Waals surface area contributed by atoms with Crippen LogP contribution in [0.15, 0.2) is 12.1 Å². The summed E-state index contributed by atoms with van der Waals surface area (Å²) in [5.74, 6) is 0.404. The second-order valence-corrected chi connectivity index (χ2v) is 7.52. The Balaban J connectivity index is 2.75. The quantitative estimate of drug-likeness (QED) is 0.690. The fourth-order valence-electron chi connectivity index (χ4n) is 3.21. The van der Waals surface area contributed by atoms with Crippen LogP contribution in [0.2, 0.25) is 0 Å². The standard InChI is InChI=1S/C18H25N/c1-12(2)14-10-16-15(9-13(14)11-19)17(3,4)7-8-18(16,5)6/h9-10,12H,7-8H2,1-6H3. The van der Waals surface area contributed by atoms with E-state index in [-0.39, 0.29) is 10.8 Å². The predicted octanol–water partition coefficient (Wildman–Crippen LogP) is 5.03. The van der Waals surface area contributed by atoms with Gasteiger partial charge in [-0.15, -0.1) is 0 Å². The van der Waals surface area contributed by atoms with Gasteiger partial charge in [-0.3, -0.25) is 0 Å². The van der Waals surface area contributed by atoms with Crippen LogP contribution < -0.4 is 0 Å². The Morgan fingerprint density at radius 2 is 1.47 bits per heavy atom.